The van der Waals surface area contributed by atoms with Crippen molar-refractivity contribution in [1.29, 1.82) is 0 Å². The number of hydrogen-bond donors (Lipinski definition) is 2. The van der Waals surface area contributed by atoms with Crippen LogP contribution in [0.5, 0.6) is 0 Å². The van der Waals surface area contributed by atoms with Crippen molar-refractivity contribution in [2.45, 2.75) is 50.7 Å². The summed E-state index contributed by atoms with van der Waals surface area (Å²) in [6.07, 6.45) is 7.63. The zero-order valence-corrected chi connectivity index (χ0v) is 12.6. The van der Waals surface area contributed by atoms with Crippen molar-refractivity contribution in [3.8, 4) is 0 Å². The van der Waals surface area contributed by atoms with Gasteiger partial charge in [0.25, 0.3) is 0 Å². The van der Waals surface area contributed by atoms with E-state index in [2.05, 4.69) is 15.3 Å². The largest absolute Gasteiger partial charge is 0.478 e. The third-order valence-corrected chi connectivity index (χ3v) is 4.87. The second kappa shape index (κ2) is 6.15. The summed E-state index contributed by atoms with van der Waals surface area (Å²) in [4.78, 5) is 13.8. The van der Waals surface area contributed by atoms with Crippen LogP contribution >= 0.6 is 0 Å². The van der Waals surface area contributed by atoms with Crippen LogP contribution in [0.1, 0.15) is 48.2 Å². The summed E-state index contributed by atoms with van der Waals surface area (Å²) in [5.41, 5.74) is 1.15. The van der Waals surface area contributed by atoms with Crippen molar-refractivity contribution in [1.82, 2.24) is 20.0 Å². The number of rotatable bonds is 4. The molecule has 6 nitrogen and oxygen atoms in total. The highest BCUT2D eigenvalue weighted by Gasteiger charge is 2.32. The molecule has 2 saturated heterocycles. The Morgan fingerprint density at radius 1 is 1.43 bits per heavy atom. The van der Waals surface area contributed by atoms with E-state index >= 15 is 0 Å². The van der Waals surface area contributed by atoms with E-state index in [-0.39, 0.29) is 0 Å². The second-order valence-corrected chi connectivity index (χ2v) is 6.17. The number of carboxylic acids is 1. The molecule has 2 aliphatic rings. The highest BCUT2D eigenvalue weighted by atomic mass is 16.4. The van der Waals surface area contributed by atoms with Gasteiger partial charge in [-0.05, 0) is 38.8 Å². The van der Waals surface area contributed by atoms with Crippen LogP contribution < -0.4 is 5.32 Å². The van der Waals surface area contributed by atoms with Gasteiger partial charge in [-0.3, -0.25) is 9.58 Å². The van der Waals surface area contributed by atoms with Gasteiger partial charge in [-0.25, -0.2) is 4.79 Å². The Bertz CT molecular complexity index is 508. The maximum atomic E-state index is 11.3. The first-order valence-corrected chi connectivity index (χ1v) is 7.88. The topological polar surface area (TPSA) is 70.4 Å². The number of hydrogen-bond acceptors (Lipinski definition) is 4. The minimum Gasteiger partial charge on any atom is -0.478 e. The summed E-state index contributed by atoms with van der Waals surface area (Å²) in [5, 5.41) is 17.0. The molecule has 2 atom stereocenters. The number of aromatic carboxylic acids is 1. The van der Waals surface area contributed by atoms with Crippen molar-refractivity contribution in [3.05, 3.63) is 17.5 Å². The molecule has 2 N–H and O–H groups in total. The van der Waals surface area contributed by atoms with Crippen molar-refractivity contribution >= 4 is 5.97 Å². The van der Waals surface area contributed by atoms with E-state index in [0.717, 1.165) is 18.8 Å². The zero-order chi connectivity index (χ0) is 14.8. The third-order valence-electron chi connectivity index (χ3n) is 4.87. The minimum atomic E-state index is -0.884. The fraction of sp³-hybridized carbons (Fsp3) is 0.733. The molecule has 0 aromatic carbocycles. The fourth-order valence-corrected chi connectivity index (χ4v) is 3.73. The van der Waals surface area contributed by atoms with Crippen LogP contribution in [0.3, 0.4) is 0 Å². The number of piperidine rings is 1. The molecule has 3 rings (SSSR count). The standard InChI is InChI=1S/C15H24N4O2/c1-18-14(11(9-17-18)15(20)21)10-19-8-3-2-6-13(19)12-5-4-7-16-12/h9,12-13,16H,2-8,10H2,1H3,(H,20,21). The number of aryl methyl sites for hydroxylation is 1. The molecular weight excluding hydrogens is 268 g/mol. The lowest BCUT2D eigenvalue weighted by Gasteiger charge is -2.39. The minimum absolute atomic E-state index is 0.334. The van der Waals surface area contributed by atoms with Gasteiger partial charge < -0.3 is 10.4 Å². The van der Waals surface area contributed by atoms with Gasteiger partial charge in [0.05, 0.1) is 11.9 Å². The molecule has 3 heterocycles. The van der Waals surface area contributed by atoms with Crippen molar-refractivity contribution in [3.63, 3.8) is 0 Å². The Morgan fingerprint density at radius 2 is 2.29 bits per heavy atom. The van der Waals surface area contributed by atoms with E-state index < -0.39 is 5.97 Å². The SMILES string of the molecule is Cn1ncc(C(=O)O)c1CN1CCCCC1C1CCCN1. The predicted octanol–water partition coefficient (Wildman–Crippen LogP) is 1.22. The first-order valence-electron chi connectivity index (χ1n) is 7.88. The van der Waals surface area contributed by atoms with Gasteiger partial charge in [0.2, 0.25) is 0 Å². The molecule has 2 fully saturated rings. The molecule has 116 valence electrons. The Morgan fingerprint density at radius 3 is 3.00 bits per heavy atom. The molecule has 6 heteroatoms. The lowest BCUT2D eigenvalue weighted by molar-refractivity contribution is 0.0689. The Hall–Kier alpha value is -1.40. The normalized spacial score (nSPS) is 27.1. The Labute approximate surface area is 125 Å². The average Bonchev–Trinajstić information content (AvgIpc) is 3.10. The van der Waals surface area contributed by atoms with Gasteiger partial charge in [0.15, 0.2) is 0 Å². The molecule has 2 unspecified atom stereocenters. The highest BCUT2D eigenvalue weighted by molar-refractivity contribution is 5.88. The van der Waals surface area contributed by atoms with E-state index in [0.29, 0.717) is 24.2 Å². The van der Waals surface area contributed by atoms with E-state index in [1.807, 2.05) is 7.05 Å². The molecule has 1 aromatic heterocycles. The summed E-state index contributed by atoms with van der Waals surface area (Å²) in [7, 11) is 1.83. The van der Waals surface area contributed by atoms with Crippen LogP contribution in [0.2, 0.25) is 0 Å². The molecule has 0 amide bonds. The molecule has 0 bridgehead atoms. The van der Waals surface area contributed by atoms with Crippen molar-refractivity contribution in [2.24, 2.45) is 7.05 Å². The summed E-state index contributed by atoms with van der Waals surface area (Å²) >= 11 is 0. The second-order valence-electron chi connectivity index (χ2n) is 6.17. The number of nitrogens with one attached hydrogen (secondary N) is 1. The molecule has 0 radical (unpaired) electrons. The lowest BCUT2D eigenvalue weighted by atomic mass is 9.94. The summed E-state index contributed by atoms with van der Waals surface area (Å²) < 4.78 is 1.71. The predicted molar refractivity (Wildman–Crippen MR) is 79.2 cm³/mol. The molecule has 2 aliphatic heterocycles. The number of carbonyl (C=O) groups is 1. The lowest BCUT2D eigenvalue weighted by Crippen LogP contribution is -2.50. The monoisotopic (exact) mass is 292 g/mol. The Kier molecular flexibility index (Phi) is 4.26. The van der Waals surface area contributed by atoms with Gasteiger partial charge in [-0.1, -0.05) is 6.42 Å². The smallest absolute Gasteiger partial charge is 0.339 e. The average molecular weight is 292 g/mol. The first-order chi connectivity index (χ1) is 10.2. The van der Waals surface area contributed by atoms with Crippen LogP contribution in [-0.2, 0) is 13.6 Å². The van der Waals surface area contributed by atoms with Crippen LogP contribution in [0.15, 0.2) is 6.20 Å². The number of nitrogens with zero attached hydrogens (tertiary/aromatic N) is 3. The van der Waals surface area contributed by atoms with Crippen LogP contribution in [-0.4, -0.2) is 50.9 Å². The molecule has 0 saturated carbocycles. The van der Waals surface area contributed by atoms with Gasteiger partial charge >= 0.3 is 5.97 Å². The van der Waals surface area contributed by atoms with Gasteiger partial charge in [-0.15, -0.1) is 0 Å². The maximum absolute atomic E-state index is 11.3. The van der Waals surface area contributed by atoms with Crippen LogP contribution in [0.4, 0.5) is 0 Å². The van der Waals surface area contributed by atoms with Gasteiger partial charge in [0.1, 0.15) is 5.56 Å². The molecule has 1 aromatic rings. The van der Waals surface area contributed by atoms with E-state index in [1.165, 1.54) is 38.3 Å². The van der Waals surface area contributed by atoms with Crippen LogP contribution in [0.25, 0.3) is 0 Å². The summed E-state index contributed by atoms with van der Waals surface area (Å²) in [6, 6.07) is 1.09. The van der Waals surface area contributed by atoms with E-state index in [1.54, 1.807) is 4.68 Å². The quantitative estimate of drug-likeness (QED) is 0.873. The fourth-order valence-electron chi connectivity index (χ4n) is 3.73. The third kappa shape index (κ3) is 2.96. The molecule has 21 heavy (non-hydrogen) atoms. The van der Waals surface area contributed by atoms with Gasteiger partial charge in [-0.2, -0.15) is 5.10 Å². The molecular formula is C15H24N4O2. The summed E-state index contributed by atoms with van der Waals surface area (Å²) in [6.45, 7) is 2.84. The van der Waals surface area contributed by atoms with Crippen LogP contribution in [0, 0.1) is 0 Å². The highest BCUT2D eigenvalue weighted by Crippen LogP contribution is 2.26. The van der Waals surface area contributed by atoms with Crippen molar-refractivity contribution < 1.29 is 9.90 Å². The summed E-state index contributed by atoms with van der Waals surface area (Å²) in [5.74, 6) is -0.884. The number of aromatic nitrogens is 2. The van der Waals surface area contributed by atoms with E-state index in [4.69, 9.17) is 0 Å². The Balaban J connectivity index is 1.78. The molecule has 0 aliphatic carbocycles. The maximum Gasteiger partial charge on any atom is 0.339 e. The zero-order valence-electron chi connectivity index (χ0n) is 12.6. The molecule has 0 spiro atoms. The first kappa shape index (κ1) is 14.5. The number of carboxylic acid groups (broad SMARTS) is 1. The van der Waals surface area contributed by atoms with Crippen molar-refractivity contribution in [2.75, 3.05) is 13.1 Å². The van der Waals surface area contributed by atoms with E-state index in [9.17, 15) is 9.90 Å². The number of likely N-dealkylation sites (tertiary alicyclic amines) is 1. The van der Waals surface area contributed by atoms with Gasteiger partial charge in [0, 0.05) is 25.7 Å².